The lowest BCUT2D eigenvalue weighted by atomic mass is 10.1. The van der Waals surface area contributed by atoms with E-state index in [-0.39, 0.29) is 0 Å². The Bertz CT molecular complexity index is 1660. The average molecular weight is 476 g/mol. The first-order valence-corrected chi connectivity index (χ1v) is 12.0. The number of pyridine rings is 3. The molecule has 4 N–H and O–H groups in total. The first-order chi connectivity index (χ1) is 17.7. The van der Waals surface area contributed by atoms with E-state index in [2.05, 4.69) is 48.7 Å². The predicted octanol–water partition coefficient (Wildman–Crippen LogP) is 5.76. The quantitative estimate of drug-likeness (QED) is 0.218. The molecule has 0 saturated heterocycles. The van der Waals surface area contributed by atoms with Crippen LogP contribution in [-0.2, 0) is 0 Å². The number of aliphatic hydroxyl groups excluding tert-OH is 1. The van der Waals surface area contributed by atoms with Crippen molar-refractivity contribution in [3.63, 3.8) is 0 Å². The topological polar surface area (TPSA) is 115 Å². The normalized spacial score (nSPS) is 12.3. The van der Waals surface area contributed by atoms with Crippen molar-refractivity contribution in [2.45, 2.75) is 26.0 Å². The molecule has 178 valence electrons. The maximum Gasteiger partial charge on any atom is 0.135 e. The second-order valence-electron chi connectivity index (χ2n) is 8.74. The van der Waals surface area contributed by atoms with Crippen LogP contribution in [-0.4, -0.2) is 41.5 Å². The first kappa shape index (κ1) is 21.9. The minimum absolute atomic E-state index is 0.610. The van der Waals surface area contributed by atoms with E-state index in [1.165, 1.54) is 0 Å². The molecule has 0 spiro atoms. The summed E-state index contributed by atoms with van der Waals surface area (Å²) in [4.78, 5) is 17.3. The van der Waals surface area contributed by atoms with Gasteiger partial charge in [0.1, 0.15) is 17.4 Å². The monoisotopic (exact) mass is 475 g/mol. The van der Waals surface area contributed by atoms with Crippen LogP contribution in [0.4, 0.5) is 5.69 Å². The standard InChI is InChI=1S/C28H25N7O/c1-2-6-26(36)31-18-13-17(15-29-16-18)21-10-11-24-27(33-21)28(35-34-24)25-14-20-19(7-5-9-23(20)32-25)22-8-3-4-12-30-22/h3-5,7-16,26,31-32,36H,2,6H2,1H3,(H,34,35). The molecule has 8 heteroatoms. The summed E-state index contributed by atoms with van der Waals surface area (Å²) < 4.78 is 0. The fraction of sp³-hybridized carbons (Fsp3) is 0.143. The molecule has 6 rings (SSSR count). The maximum atomic E-state index is 10.1. The predicted molar refractivity (Wildman–Crippen MR) is 142 cm³/mol. The van der Waals surface area contributed by atoms with Crippen molar-refractivity contribution in [1.82, 2.24) is 30.1 Å². The van der Waals surface area contributed by atoms with Gasteiger partial charge in [0, 0.05) is 34.4 Å². The minimum atomic E-state index is -0.610. The summed E-state index contributed by atoms with van der Waals surface area (Å²) in [6.45, 7) is 2.04. The first-order valence-electron chi connectivity index (χ1n) is 12.0. The van der Waals surface area contributed by atoms with Gasteiger partial charge in [0.15, 0.2) is 0 Å². The van der Waals surface area contributed by atoms with Gasteiger partial charge in [-0.3, -0.25) is 15.1 Å². The molecule has 0 amide bonds. The smallest absolute Gasteiger partial charge is 0.135 e. The van der Waals surface area contributed by atoms with Crippen molar-refractivity contribution < 1.29 is 5.11 Å². The lowest BCUT2D eigenvalue weighted by Crippen LogP contribution is -2.18. The van der Waals surface area contributed by atoms with Crippen molar-refractivity contribution in [1.29, 1.82) is 0 Å². The van der Waals surface area contributed by atoms with Gasteiger partial charge in [-0.2, -0.15) is 5.10 Å². The highest BCUT2D eigenvalue weighted by Gasteiger charge is 2.16. The molecule has 0 saturated carbocycles. The molecule has 0 radical (unpaired) electrons. The van der Waals surface area contributed by atoms with Gasteiger partial charge in [-0.25, -0.2) is 4.98 Å². The summed E-state index contributed by atoms with van der Waals surface area (Å²) in [6, 6.07) is 20.0. The highest BCUT2D eigenvalue weighted by molar-refractivity contribution is 6.00. The highest BCUT2D eigenvalue weighted by atomic mass is 16.3. The Morgan fingerprint density at radius 1 is 0.972 bits per heavy atom. The molecular formula is C28H25N7O. The van der Waals surface area contributed by atoms with E-state index in [4.69, 9.17) is 4.98 Å². The Hall–Kier alpha value is -4.56. The summed E-state index contributed by atoms with van der Waals surface area (Å²) in [6.07, 6.45) is 6.22. The molecule has 36 heavy (non-hydrogen) atoms. The molecule has 0 aliphatic heterocycles. The molecule has 0 bridgehead atoms. The second kappa shape index (κ2) is 9.24. The number of hydrogen-bond acceptors (Lipinski definition) is 6. The Morgan fingerprint density at radius 3 is 2.78 bits per heavy atom. The summed E-state index contributed by atoms with van der Waals surface area (Å²) in [5.74, 6) is 0. The third-order valence-electron chi connectivity index (χ3n) is 6.20. The van der Waals surface area contributed by atoms with E-state index in [1.807, 2.05) is 49.4 Å². The third kappa shape index (κ3) is 4.08. The molecule has 1 unspecified atom stereocenters. The molecule has 1 atom stereocenters. The van der Waals surface area contributed by atoms with E-state index >= 15 is 0 Å². The van der Waals surface area contributed by atoms with Gasteiger partial charge < -0.3 is 15.4 Å². The number of nitrogens with zero attached hydrogens (tertiary/aromatic N) is 4. The number of fused-ring (bicyclic) bond motifs is 2. The minimum Gasteiger partial charge on any atom is -0.374 e. The van der Waals surface area contributed by atoms with E-state index in [0.717, 1.165) is 67.9 Å². The third-order valence-corrected chi connectivity index (χ3v) is 6.20. The number of nitrogens with one attached hydrogen (secondary N) is 3. The molecule has 5 aromatic heterocycles. The zero-order chi connectivity index (χ0) is 24.5. The Balaban J connectivity index is 1.40. The van der Waals surface area contributed by atoms with Gasteiger partial charge in [-0.15, -0.1) is 0 Å². The lowest BCUT2D eigenvalue weighted by Gasteiger charge is -2.13. The molecule has 5 heterocycles. The van der Waals surface area contributed by atoms with Crippen LogP contribution in [0.1, 0.15) is 19.8 Å². The van der Waals surface area contributed by atoms with Crippen LogP contribution in [0.25, 0.3) is 55.8 Å². The highest BCUT2D eigenvalue weighted by Crippen LogP contribution is 2.33. The fourth-order valence-corrected chi connectivity index (χ4v) is 4.47. The SMILES string of the molecule is CCCC(O)Nc1cncc(-c2ccc3[nH]nc(-c4cc5c(-c6ccccn6)cccc5[nH]4)c3n2)c1. The van der Waals surface area contributed by atoms with E-state index in [1.54, 1.807) is 18.6 Å². The number of aromatic amines is 2. The molecule has 0 aliphatic rings. The van der Waals surface area contributed by atoms with Crippen LogP contribution in [0.15, 0.2) is 79.3 Å². The second-order valence-corrected chi connectivity index (χ2v) is 8.74. The lowest BCUT2D eigenvalue weighted by molar-refractivity contribution is 0.192. The zero-order valence-corrected chi connectivity index (χ0v) is 19.7. The number of benzene rings is 1. The van der Waals surface area contributed by atoms with Crippen LogP contribution < -0.4 is 5.32 Å². The number of aromatic nitrogens is 6. The van der Waals surface area contributed by atoms with Crippen LogP contribution >= 0.6 is 0 Å². The Labute approximate surface area is 207 Å². The number of H-pyrrole nitrogens is 2. The van der Waals surface area contributed by atoms with E-state index in [0.29, 0.717) is 6.42 Å². The molecule has 0 fully saturated rings. The fourth-order valence-electron chi connectivity index (χ4n) is 4.47. The molecule has 0 aliphatic carbocycles. The van der Waals surface area contributed by atoms with E-state index < -0.39 is 6.23 Å². The van der Waals surface area contributed by atoms with Crippen molar-refractivity contribution in [3.05, 3.63) is 79.3 Å². The van der Waals surface area contributed by atoms with Crippen molar-refractivity contribution in [3.8, 4) is 33.9 Å². The Morgan fingerprint density at radius 2 is 1.92 bits per heavy atom. The van der Waals surface area contributed by atoms with Crippen LogP contribution in [0.5, 0.6) is 0 Å². The maximum absolute atomic E-state index is 10.1. The largest absolute Gasteiger partial charge is 0.374 e. The van der Waals surface area contributed by atoms with Gasteiger partial charge in [-0.05, 0) is 48.9 Å². The number of hydrogen-bond donors (Lipinski definition) is 4. The van der Waals surface area contributed by atoms with Crippen LogP contribution in [0, 0.1) is 0 Å². The van der Waals surface area contributed by atoms with Crippen LogP contribution in [0.3, 0.4) is 0 Å². The summed E-state index contributed by atoms with van der Waals surface area (Å²) in [5, 5.41) is 22.0. The van der Waals surface area contributed by atoms with Crippen molar-refractivity contribution >= 4 is 27.6 Å². The molecule has 6 aromatic rings. The molecule has 1 aromatic carbocycles. The van der Waals surface area contributed by atoms with Gasteiger partial charge in [0.25, 0.3) is 0 Å². The van der Waals surface area contributed by atoms with Crippen molar-refractivity contribution in [2.24, 2.45) is 0 Å². The van der Waals surface area contributed by atoms with Crippen molar-refractivity contribution in [2.75, 3.05) is 5.32 Å². The zero-order valence-electron chi connectivity index (χ0n) is 19.7. The molecular weight excluding hydrogens is 450 g/mol. The summed E-state index contributed by atoms with van der Waals surface area (Å²) in [7, 11) is 0. The van der Waals surface area contributed by atoms with Gasteiger partial charge in [0.05, 0.1) is 34.5 Å². The number of aliphatic hydroxyl groups is 1. The van der Waals surface area contributed by atoms with Gasteiger partial charge in [0.2, 0.25) is 0 Å². The Kier molecular flexibility index (Phi) is 5.63. The average Bonchev–Trinajstić information content (AvgIpc) is 3.53. The molecule has 8 nitrogen and oxygen atoms in total. The van der Waals surface area contributed by atoms with E-state index in [9.17, 15) is 5.11 Å². The summed E-state index contributed by atoms with van der Waals surface area (Å²) in [5.41, 5.74) is 8.60. The summed E-state index contributed by atoms with van der Waals surface area (Å²) >= 11 is 0. The van der Waals surface area contributed by atoms with Crippen LogP contribution in [0.2, 0.25) is 0 Å². The van der Waals surface area contributed by atoms with Gasteiger partial charge >= 0.3 is 0 Å². The van der Waals surface area contributed by atoms with Gasteiger partial charge in [-0.1, -0.05) is 31.5 Å². The number of anilines is 1. The number of rotatable bonds is 7.